The first-order valence-corrected chi connectivity index (χ1v) is 32.2. The number of hydrogen-bond donors (Lipinski definition) is 3. The molecule has 0 bridgehead atoms. The maximum Gasteiger partial charge on any atom is 0.335 e. The summed E-state index contributed by atoms with van der Waals surface area (Å²) in [5.74, 6) is -3.20. The number of ether oxygens (including phenoxy) is 5. The smallest absolute Gasteiger partial charge is 0.335 e. The zero-order valence-corrected chi connectivity index (χ0v) is 51.0. The lowest BCUT2D eigenvalue weighted by Gasteiger charge is -2.40. The van der Waals surface area contributed by atoms with Crippen molar-refractivity contribution < 1.29 is 58.2 Å². The standard InChI is InChI=1S/C69H114O12/c1-4-7-10-13-16-19-22-25-27-29-31-33-35-38-40-43-46-49-52-55-61(70)77-58-60(79-62(71)56-53-50-47-44-41-37-24-21-18-15-12-9-6-3)59-78-69-67(65(74)64(73)66(81-69)68(75)76)80-63(72)57-54-51-48-45-42-39-36-34-32-30-28-26-23-20-17-14-11-8-5-2/h7,9-10,12,16,18-19,21,25,27,31,33,37-38,40-41,60,64-67,69,73-74H,4-6,8,11,13-15,17,20,22-24,26,28-30,32,34-36,39,42-59H2,1-3H3,(H,75,76)/b10-7-,12-9-,19-16-,21-18-,27-25-,33-31-,40-38-,41-37-. The van der Waals surface area contributed by atoms with Crippen molar-refractivity contribution in [2.45, 2.75) is 302 Å². The van der Waals surface area contributed by atoms with Gasteiger partial charge in [-0.05, 0) is 96.3 Å². The fourth-order valence-corrected chi connectivity index (χ4v) is 9.29. The Morgan fingerprint density at radius 1 is 0.420 bits per heavy atom. The highest BCUT2D eigenvalue weighted by atomic mass is 16.7. The minimum Gasteiger partial charge on any atom is -0.479 e. The van der Waals surface area contributed by atoms with E-state index in [9.17, 15) is 34.5 Å². The summed E-state index contributed by atoms with van der Waals surface area (Å²) in [6, 6.07) is 0. The van der Waals surface area contributed by atoms with Crippen molar-refractivity contribution in [2.75, 3.05) is 13.2 Å². The molecule has 0 aromatic rings. The summed E-state index contributed by atoms with van der Waals surface area (Å²) in [7, 11) is 0. The summed E-state index contributed by atoms with van der Waals surface area (Å²) in [6.45, 7) is 5.73. The molecule has 0 saturated carbocycles. The van der Waals surface area contributed by atoms with Gasteiger partial charge >= 0.3 is 23.9 Å². The molecule has 1 aliphatic rings. The second kappa shape index (κ2) is 56.1. The normalized spacial score (nSPS) is 18.4. The van der Waals surface area contributed by atoms with Crippen molar-refractivity contribution in [3.8, 4) is 0 Å². The molecule has 12 nitrogen and oxygen atoms in total. The average Bonchev–Trinajstić information content (AvgIpc) is 3.45. The third-order valence-electron chi connectivity index (χ3n) is 14.2. The highest BCUT2D eigenvalue weighted by Crippen LogP contribution is 2.27. The van der Waals surface area contributed by atoms with Gasteiger partial charge in [-0.25, -0.2) is 4.79 Å². The molecule has 3 N–H and O–H groups in total. The van der Waals surface area contributed by atoms with E-state index in [1.807, 2.05) is 0 Å². The fraction of sp³-hybridized carbons (Fsp3) is 0.710. The molecular weight excluding hydrogens is 1020 g/mol. The summed E-state index contributed by atoms with van der Waals surface area (Å²) >= 11 is 0. The van der Waals surface area contributed by atoms with E-state index in [0.717, 1.165) is 116 Å². The zero-order chi connectivity index (χ0) is 58.9. The molecule has 1 saturated heterocycles. The second-order valence-electron chi connectivity index (χ2n) is 21.6. The predicted molar refractivity (Wildman–Crippen MR) is 331 cm³/mol. The Kier molecular flexibility index (Phi) is 51.7. The summed E-state index contributed by atoms with van der Waals surface area (Å²) in [5, 5.41) is 31.6. The number of aliphatic hydroxyl groups is 2. The van der Waals surface area contributed by atoms with Gasteiger partial charge < -0.3 is 39.0 Å². The first-order valence-electron chi connectivity index (χ1n) is 32.2. The van der Waals surface area contributed by atoms with Gasteiger partial charge in [-0.3, -0.25) is 14.4 Å². The van der Waals surface area contributed by atoms with Crippen molar-refractivity contribution in [1.82, 2.24) is 0 Å². The molecule has 6 atom stereocenters. The average molecular weight is 1140 g/mol. The molecule has 0 spiro atoms. The molecule has 0 aliphatic carbocycles. The van der Waals surface area contributed by atoms with E-state index in [4.69, 9.17) is 23.7 Å². The Balaban J connectivity index is 2.67. The van der Waals surface area contributed by atoms with Crippen molar-refractivity contribution in [3.63, 3.8) is 0 Å². The molecule has 1 fully saturated rings. The van der Waals surface area contributed by atoms with Crippen LogP contribution >= 0.6 is 0 Å². The van der Waals surface area contributed by atoms with Crippen LogP contribution in [-0.4, -0.2) is 89.2 Å². The molecule has 81 heavy (non-hydrogen) atoms. The Morgan fingerprint density at radius 3 is 1.19 bits per heavy atom. The van der Waals surface area contributed by atoms with Gasteiger partial charge in [0.15, 0.2) is 24.6 Å². The van der Waals surface area contributed by atoms with Gasteiger partial charge in [0.05, 0.1) is 6.61 Å². The fourth-order valence-electron chi connectivity index (χ4n) is 9.29. The van der Waals surface area contributed by atoms with Gasteiger partial charge in [0.25, 0.3) is 0 Å². The van der Waals surface area contributed by atoms with Crippen LogP contribution in [0.3, 0.4) is 0 Å². The van der Waals surface area contributed by atoms with Gasteiger partial charge in [-0.2, -0.15) is 0 Å². The molecule has 0 amide bonds. The van der Waals surface area contributed by atoms with Crippen LogP contribution in [0.4, 0.5) is 0 Å². The number of carboxylic acid groups (broad SMARTS) is 1. The highest BCUT2D eigenvalue weighted by molar-refractivity contribution is 5.74. The number of aliphatic carboxylic acids is 1. The molecule has 1 heterocycles. The lowest BCUT2D eigenvalue weighted by Crippen LogP contribution is -2.61. The van der Waals surface area contributed by atoms with Crippen LogP contribution < -0.4 is 0 Å². The molecule has 0 aromatic heterocycles. The Labute approximate surface area is 492 Å². The first kappa shape index (κ1) is 74.7. The van der Waals surface area contributed by atoms with Crippen LogP contribution in [0.25, 0.3) is 0 Å². The number of unbranched alkanes of at least 4 members (excludes halogenated alkanes) is 24. The summed E-state index contributed by atoms with van der Waals surface area (Å²) < 4.78 is 28.4. The molecule has 1 aliphatic heterocycles. The number of allylic oxidation sites excluding steroid dienone is 16. The van der Waals surface area contributed by atoms with E-state index in [0.29, 0.717) is 19.3 Å². The largest absolute Gasteiger partial charge is 0.479 e. The lowest BCUT2D eigenvalue weighted by molar-refractivity contribution is -0.301. The number of carbonyl (C=O) groups is 4. The minimum absolute atomic E-state index is 0.0532. The van der Waals surface area contributed by atoms with E-state index >= 15 is 0 Å². The van der Waals surface area contributed by atoms with Gasteiger partial charge in [-0.1, -0.05) is 246 Å². The number of rotatable bonds is 54. The molecule has 1 rings (SSSR count). The topological polar surface area (TPSA) is 175 Å². The van der Waals surface area contributed by atoms with Crippen LogP contribution in [0.5, 0.6) is 0 Å². The van der Waals surface area contributed by atoms with Crippen molar-refractivity contribution in [1.29, 1.82) is 0 Å². The SMILES string of the molecule is CC/C=C\C/C=C\C/C=C\C/C=C\C/C=C\CCCCCC(=O)OCC(COC1OC(C(=O)O)C(O)C(O)C1OC(=O)CCCCCCCCCCCCCCCCCCCCC)OC(=O)CCCCC/C=C\C/C=C\C/C=C\CC. The number of hydrogen-bond acceptors (Lipinski definition) is 11. The minimum atomic E-state index is -1.91. The molecule has 12 heteroatoms. The summed E-state index contributed by atoms with van der Waals surface area (Å²) in [5.41, 5.74) is 0. The third-order valence-corrected chi connectivity index (χ3v) is 14.2. The van der Waals surface area contributed by atoms with Gasteiger partial charge in [0.1, 0.15) is 18.8 Å². The Hall–Kier alpha value is -4.36. The second-order valence-corrected chi connectivity index (χ2v) is 21.6. The van der Waals surface area contributed by atoms with Crippen molar-refractivity contribution >= 4 is 23.9 Å². The zero-order valence-electron chi connectivity index (χ0n) is 51.0. The summed E-state index contributed by atoms with van der Waals surface area (Å²) in [4.78, 5) is 51.3. The molecule has 0 radical (unpaired) electrons. The number of esters is 3. The van der Waals surface area contributed by atoms with Crippen LogP contribution in [0.1, 0.15) is 265 Å². The lowest BCUT2D eigenvalue weighted by atomic mass is 9.98. The monoisotopic (exact) mass is 1130 g/mol. The summed E-state index contributed by atoms with van der Waals surface area (Å²) in [6.07, 6.45) is 62.3. The number of aliphatic hydroxyl groups excluding tert-OH is 2. The van der Waals surface area contributed by atoms with Crippen LogP contribution in [0.2, 0.25) is 0 Å². The van der Waals surface area contributed by atoms with Crippen LogP contribution in [-0.2, 0) is 42.9 Å². The van der Waals surface area contributed by atoms with Crippen molar-refractivity contribution in [2.24, 2.45) is 0 Å². The molecule has 0 aromatic carbocycles. The highest BCUT2D eigenvalue weighted by Gasteiger charge is 2.50. The first-order chi connectivity index (χ1) is 39.6. The quantitative estimate of drug-likeness (QED) is 0.0228. The molecule has 462 valence electrons. The molecule has 6 unspecified atom stereocenters. The predicted octanol–water partition coefficient (Wildman–Crippen LogP) is 17.2. The molecular formula is C69H114O12. The Bertz CT molecular complexity index is 1780. The Morgan fingerprint density at radius 2 is 0.778 bits per heavy atom. The maximum atomic E-state index is 13.2. The van der Waals surface area contributed by atoms with E-state index < -0.39 is 67.3 Å². The van der Waals surface area contributed by atoms with E-state index in [2.05, 4.69) is 118 Å². The van der Waals surface area contributed by atoms with Gasteiger partial charge in [-0.15, -0.1) is 0 Å². The van der Waals surface area contributed by atoms with Crippen LogP contribution in [0, 0.1) is 0 Å². The van der Waals surface area contributed by atoms with E-state index in [-0.39, 0.29) is 25.9 Å². The third kappa shape index (κ3) is 45.8. The van der Waals surface area contributed by atoms with Crippen LogP contribution in [0.15, 0.2) is 97.2 Å². The van der Waals surface area contributed by atoms with Gasteiger partial charge in [0, 0.05) is 19.3 Å². The maximum absolute atomic E-state index is 13.2. The van der Waals surface area contributed by atoms with E-state index in [1.165, 1.54) is 89.9 Å². The van der Waals surface area contributed by atoms with Gasteiger partial charge in [0.2, 0.25) is 0 Å². The number of carboxylic acids is 1. The van der Waals surface area contributed by atoms with E-state index in [1.54, 1.807) is 0 Å². The van der Waals surface area contributed by atoms with Crippen molar-refractivity contribution in [3.05, 3.63) is 97.2 Å². The number of carbonyl (C=O) groups excluding carboxylic acids is 3.